The summed E-state index contributed by atoms with van der Waals surface area (Å²) in [6.07, 6.45) is 2.57. The molecule has 0 aromatic heterocycles. The molecule has 0 aromatic rings. The van der Waals surface area contributed by atoms with Crippen LogP contribution in [0.4, 0.5) is 0 Å². The molecule has 90 valence electrons. The van der Waals surface area contributed by atoms with Crippen molar-refractivity contribution in [3.8, 4) is 0 Å². The molecule has 0 aliphatic rings. The molecule has 15 heavy (non-hydrogen) atoms. The van der Waals surface area contributed by atoms with Crippen LogP contribution in [-0.4, -0.2) is 52.2 Å². The van der Waals surface area contributed by atoms with Crippen LogP contribution in [0, 0.1) is 0 Å². The summed E-state index contributed by atoms with van der Waals surface area (Å²) in [6, 6.07) is 1.29. The van der Waals surface area contributed by atoms with E-state index in [-0.39, 0.29) is 0 Å². The first kappa shape index (κ1) is 14.5. The van der Waals surface area contributed by atoms with Gasteiger partial charge in [-0.15, -0.1) is 0 Å². The van der Waals surface area contributed by atoms with E-state index >= 15 is 0 Å². The molecule has 0 aliphatic carbocycles. The van der Waals surface area contributed by atoms with Crippen LogP contribution in [0.2, 0.25) is 19.1 Å². The van der Waals surface area contributed by atoms with Gasteiger partial charge in [-0.25, -0.2) is 0 Å². The molecule has 0 aromatic carbocycles. The van der Waals surface area contributed by atoms with Crippen LogP contribution in [0.5, 0.6) is 0 Å². The summed E-state index contributed by atoms with van der Waals surface area (Å²) in [5.41, 5.74) is 0. The van der Waals surface area contributed by atoms with Gasteiger partial charge in [-0.3, -0.25) is 4.66 Å². The van der Waals surface area contributed by atoms with Crippen LogP contribution in [0.15, 0.2) is 4.66 Å². The molecule has 0 N–H and O–H groups in total. The highest BCUT2D eigenvalue weighted by atomic mass is 28.3. The molecule has 0 radical (unpaired) electrons. The fourth-order valence-corrected chi connectivity index (χ4v) is 3.81. The smallest absolute Gasteiger partial charge is 0.186 e. The van der Waals surface area contributed by atoms with Gasteiger partial charge in [-0.05, 0) is 19.1 Å². The zero-order valence-corrected chi connectivity index (χ0v) is 12.5. The summed E-state index contributed by atoms with van der Waals surface area (Å²) in [7, 11) is 6.83. The second kappa shape index (κ2) is 6.15. The fourth-order valence-electron chi connectivity index (χ4n) is 1.54. The van der Waals surface area contributed by atoms with Crippen molar-refractivity contribution in [3.63, 3.8) is 0 Å². The topological polar surface area (TPSA) is 18.8 Å². The van der Waals surface area contributed by atoms with E-state index < -0.39 is 8.24 Å². The van der Waals surface area contributed by atoms with E-state index in [1.165, 1.54) is 18.9 Å². The minimum Gasteiger partial charge on any atom is -0.350 e. The molecule has 0 heterocycles. The molecule has 0 atom stereocenters. The lowest BCUT2D eigenvalue weighted by Gasteiger charge is -2.27. The Morgan fingerprint density at radius 1 is 1.07 bits per heavy atom. The lowest BCUT2D eigenvalue weighted by Crippen LogP contribution is -2.39. The first-order valence-electron chi connectivity index (χ1n) is 5.74. The van der Waals surface area contributed by atoms with Crippen LogP contribution in [0.25, 0.3) is 0 Å². The van der Waals surface area contributed by atoms with Crippen LogP contribution in [-0.2, 0) is 0 Å². The quantitative estimate of drug-likeness (QED) is 0.419. The van der Waals surface area contributed by atoms with Crippen molar-refractivity contribution in [2.24, 2.45) is 4.66 Å². The van der Waals surface area contributed by atoms with E-state index in [2.05, 4.69) is 58.0 Å². The monoisotopic (exact) mass is 229 g/mol. The lowest BCUT2D eigenvalue weighted by molar-refractivity contribution is 0.485. The number of rotatable bonds is 4. The van der Waals surface area contributed by atoms with Crippen molar-refractivity contribution in [2.75, 3.05) is 28.2 Å². The SMILES string of the molecule is CCCC[Si](C)(C)N=C(N(C)C)N(C)C. The van der Waals surface area contributed by atoms with Crippen LogP contribution in [0.3, 0.4) is 0 Å². The van der Waals surface area contributed by atoms with Gasteiger partial charge in [-0.1, -0.05) is 19.8 Å². The normalized spacial score (nSPS) is 11.1. The van der Waals surface area contributed by atoms with E-state index in [0.717, 1.165) is 5.96 Å². The molecule has 0 spiro atoms. The van der Waals surface area contributed by atoms with E-state index in [1.807, 2.05) is 0 Å². The molecule has 0 saturated heterocycles. The predicted molar refractivity (Wildman–Crippen MR) is 72.0 cm³/mol. The van der Waals surface area contributed by atoms with Crippen molar-refractivity contribution in [2.45, 2.75) is 38.9 Å². The summed E-state index contributed by atoms with van der Waals surface area (Å²) in [5, 5.41) is 0. The van der Waals surface area contributed by atoms with Gasteiger partial charge in [0.05, 0.1) is 0 Å². The Balaban J connectivity index is 4.64. The Morgan fingerprint density at radius 2 is 1.53 bits per heavy atom. The molecule has 0 saturated carbocycles. The van der Waals surface area contributed by atoms with Gasteiger partial charge in [0.2, 0.25) is 0 Å². The van der Waals surface area contributed by atoms with Gasteiger partial charge in [0.15, 0.2) is 14.2 Å². The third-order valence-electron chi connectivity index (χ3n) is 2.34. The van der Waals surface area contributed by atoms with Crippen LogP contribution in [0.1, 0.15) is 19.8 Å². The summed E-state index contributed by atoms with van der Waals surface area (Å²) in [6.45, 7) is 6.93. The molecule has 0 bridgehead atoms. The minimum atomic E-state index is -1.41. The van der Waals surface area contributed by atoms with Gasteiger partial charge in [0, 0.05) is 28.2 Å². The third kappa shape index (κ3) is 5.82. The molecule has 0 unspecified atom stereocenters. The van der Waals surface area contributed by atoms with Crippen molar-refractivity contribution < 1.29 is 0 Å². The molecule has 0 rings (SSSR count). The molecule has 0 fully saturated rings. The van der Waals surface area contributed by atoms with Gasteiger partial charge in [0.25, 0.3) is 0 Å². The Kier molecular flexibility index (Phi) is 5.94. The Hall–Kier alpha value is -0.513. The van der Waals surface area contributed by atoms with E-state index in [9.17, 15) is 0 Å². The van der Waals surface area contributed by atoms with Gasteiger partial charge < -0.3 is 9.80 Å². The van der Waals surface area contributed by atoms with Crippen molar-refractivity contribution in [3.05, 3.63) is 0 Å². The van der Waals surface area contributed by atoms with Crippen molar-refractivity contribution in [1.82, 2.24) is 9.80 Å². The molecule has 3 nitrogen and oxygen atoms in total. The molecule has 0 aliphatic heterocycles. The van der Waals surface area contributed by atoms with Crippen molar-refractivity contribution >= 4 is 14.2 Å². The Labute approximate surface area is 96.3 Å². The van der Waals surface area contributed by atoms with Crippen molar-refractivity contribution in [1.29, 1.82) is 0 Å². The summed E-state index contributed by atoms with van der Waals surface area (Å²) in [4.78, 5) is 4.20. The van der Waals surface area contributed by atoms with Crippen LogP contribution < -0.4 is 0 Å². The lowest BCUT2D eigenvalue weighted by atomic mass is 10.4. The molecular formula is C11H27N3Si. The zero-order chi connectivity index (χ0) is 12.1. The molecule has 4 heteroatoms. The number of hydrogen-bond donors (Lipinski definition) is 0. The summed E-state index contributed by atoms with van der Waals surface area (Å²) in [5.74, 6) is 1.10. The Bertz CT molecular complexity index is 200. The second-order valence-corrected chi connectivity index (χ2v) is 9.47. The first-order valence-corrected chi connectivity index (χ1v) is 8.90. The standard InChI is InChI=1S/C11H27N3Si/c1-8-9-10-15(6,7)12-11(13(2)3)14(4)5/h8-10H2,1-7H3. The highest BCUT2D eigenvalue weighted by Gasteiger charge is 2.21. The maximum Gasteiger partial charge on any atom is 0.186 e. The summed E-state index contributed by atoms with van der Waals surface area (Å²) >= 11 is 0. The highest BCUT2D eigenvalue weighted by Crippen LogP contribution is 2.15. The maximum absolute atomic E-state index is 4.95. The largest absolute Gasteiger partial charge is 0.350 e. The van der Waals surface area contributed by atoms with E-state index in [0.29, 0.717) is 0 Å². The number of hydrogen-bond acceptors (Lipinski definition) is 1. The van der Waals surface area contributed by atoms with Gasteiger partial charge in [0.1, 0.15) is 0 Å². The fraction of sp³-hybridized carbons (Fsp3) is 0.909. The second-order valence-electron chi connectivity index (χ2n) is 5.12. The average Bonchev–Trinajstić information content (AvgIpc) is 2.10. The zero-order valence-electron chi connectivity index (χ0n) is 11.5. The number of unbranched alkanes of at least 4 members (excludes halogenated alkanes) is 1. The van der Waals surface area contributed by atoms with Gasteiger partial charge >= 0.3 is 0 Å². The number of guanidine groups is 1. The first-order chi connectivity index (χ1) is 6.80. The predicted octanol–water partition coefficient (Wildman–Crippen LogP) is 2.47. The van der Waals surface area contributed by atoms with Crippen LogP contribution >= 0.6 is 0 Å². The van der Waals surface area contributed by atoms with E-state index in [1.54, 1.807) is 0 Å². The molecule has 0 amide bonds. The average molecular weight is 229 g/mol. The third-order valence-corrected chi connectivity index (χ3v) is 4.73. The Morgan fingerprint density at radius 3 is 1.87 bits per heavy atom. The minimum absolute atomic E-state index is 1.10. The van der Waals surface area contributed by atoms with E-state index in [4.69, 9.17) is 4.66 Å². The summed E-state index contributed by atoms with van der Waals surface area (Å²) < 4.78 is 4.95. The maximum atomic E-state index is 4.95. The molecular weight excluding hydrogens is 202 g/mol. The number of nitrogens with zero attached hydrogens (tertiary/aromatic N) is 3. The van der Waals surface area contributed by atoms with Gasteiger partial charge in [-0.2, -0.15) is 0 Å². The highest BCUT2D eigenvalue weighted by molar-refractivity contribution is 6.76.